The van der Waals surface area contributed by atoms with Crippen molar-refractivity contribution < 1.29 is 36.8 Å². The van der Waals surface area contributed by atoms with Crippen LogP contribution in [0.5, 0.6) is 5.75 Å². The summed E-state index contributed by atoms with van der Waals surface area (Å²) in [6, 6.07) is 5.32. The molecule has 9 nitrogen and oxygen atoms in total. The number of carbonyl (C=O) groups is 1. The minimum atomic E-state index is -4.10. The van der Waals surface area contributed by atoms with Crippen LogP contribution in [0.15, 0.2) is 35.3 Å². The van der Waals surface area contributed by atoms with Gasteiger partial charge in [-0.05, 0) is 79.7 Å². The van der Waals surface area contributed by atoms with Crippen molar-refractivity contribution in [3.8, 4) is 11.4 Å². The van der Waals surface area contributed by atoms with Crippen LogP contribution in [-0.2, 0) is 29.5 Å². The molecule has 0 aliphatic carbocycles. The van der Waals surface area contributed by atoms with Gasteiger partial charge in [-0.3, -0.25) is 22.9 Å². The number of halogens is 1. The lowest BCUT2D eigenvalue weighted by Crippen LogP contribution is -2.27. The van der Waals surface area contributed by atoms with Crippen LogP contribution in [0.4, 0.5) is 4.39 Å². The van der Waals surface area contributed by atoms with Gasteiger partial charge in [0.05, 0.1) is 31.0 Å². The van der Waals surface area contributed by atoms with Gasteiger partial charge in [0.2, 0.25) is 0 Å². The average molecular weight is 528 g/mol. The Balaban J connectivity index is 2.47. The van der Waals surface area contributed by atoms with Crippen molar-refractivity contribution in [3.63, 3.8) is 0 Å². The molecule has 0 unspecified atom stereocenters. The Morgan fingerprint density at radius 2 is 1.61 bits per heavy atom. The van der Waals surface area contributed by atoms with Gasteiger partial charge in [-0.1, -0.05) is 0 Å². The van der Waals surface area contributed by atoms with Gasteiger partial charge < -0.3 is 9.47 Å². The number of phosphoric ester groups is 1. The lowest BCUT2D eigenvalue weighted by atomic mass is 10.2. The normalized spacial score (nSPS) is 12.5. The Bertz CT molecular complexity index is 1160. The molecular formula is C25H35FNO8P. The van der Waals surface area contributed by atoms with Crippen LogP contribution >= 0.6 is 7.82 Å². The van der Waals surface area contributed by atoms with Gasteiger partial charge in [0.15, 0.2) is 5.56 Å². The summed E-state index contributed by atoms with van der Waals surface area (Å²) in [5.74, 6) is -1.39. The first kappa shape index (κ1) is 29.7. The molecule has 0 aliphatic heterocycles. The second-order valence-electron chi connectivity index (χ2n) is 9.79. The van der Waals surface area contributed by atoms with Crippen molar-refractivity contribution in [1.29, 1.82) is 0 Å². The van der Waals surface area contributed by atoms with Crippen LogP contribution in [0.25, 0.3) is 5.69 Å². The van der Waals surface area contributed by atoms with Gasteiger partial charge in [-0.2, -0.15) is 0 Å². The van der Waals surface area contributed by atoms with E-state index in [9.17, 15) is 18.5 Å². The molecule has 0 saturated heterocycles. The van der Waals surface area contributed by atoms with Crippen molar-refractivity contribution in [2.45, 2.75) is 73.2 Å². The number of benzene rings is 1. The molecule has 0 aliphatic rings. The Kier molecular flexibility index (Phi) is 9.64. The zero-order valence-electron chi connectivity index (χ0n) is 22.0. The number of ether oxygens (including phenoxy) is 2. The first-order valence-electron chi connectivity index (χ1n) is 11.6. The molecule has 1 aromatic carbocycles. The van der Waals surface area contributed by atoms with Crippen molar-refractivity contribution >= 4 is 13.8 Å². The lowest BCUT2D eigenvalue weighted by molar-refractivity contribution is 0.000578. The molecule has 1 heterocycles. The third-order valence-corrected chi connectivity index (χ3v) is 6.28. The molecule has 0 saturated carbocycles. The summed E-state index contributed by atoms with van der Waals surface area (Å²) in [6.07, 6.45) is 1.41. The van der Waals surface area contributed by atoms with E-state index in [4.69, 9.17) is 23.0 Å². The summed E-state index contributed by atoms with van der Waals surface area (Å²) in [4.78, 5) is 25.6. The largest absolute Gasteiger partial charge is 0.493 e. The SMILES string of the molecule is CCOC(=O)c1c(OCC)ccn(-c2ccc(F)c(COP(=O)(OC(C)(C)C)OC(C)(C)C)c2)c1=O. The number of phosphoric acid groups is 1. The van der Waals surface area contributed by atoms with Crippen LogP contribution in [0.1, 0.15) is 71.3 Å². The molecule has 200 valence electrons. The summed E-state index contributed by atoms with van der Waals surface area (Å²) < 4.78 is 56.2. The van der Waals surface area contributed by atoms with Gasteiger partial charge >= 0.3 is 13.8 Å². The molecular weight excluding hydrogens is 492 g/mol. The molecule has 0 spiro atoms. The van der Waals surface area contributed by atoms with E-state index in [0.717, 1.165) is 10.6 Å². The number of nitrogens with zero attached hydrogens (tertiary/aromatic N) is 1. The number of carbonyl (C=O) groups excluding carboxylic acids is 1. The van der Waals surface area contributed by atoms with Gasteiger partial charge in [-0.25, -0.2) is 13.8 Å². The third-order valence-electron chi connectivity index (χ3n) is 4.29. The maximum Gasteiger partial charge on any atom is 0.476 e. The highest BCUT2D eigenvalue weighted by molar-refractivity contribution is 7.48. The molecule has 0 radical (unpaired) electrons. The number of esters is 1. The summed E-state index contributed by atoms with van der Waals surface area (Å²) in [5.41, 5.74) is -2.45. The molecule has 2 rings (SSSR count). The highest BCUT2D eigenvalue weighted by Gasteiger charge is 2.37. The predicted molar refractivity (Wildman–Crippen MR) is 133 cm³/mol. The third kappa shape index (κ3) is 8.27. The summed E-state index contributed by atoms with van der Waals surface area (Å²) >= 11 is 0. The lowest BCUT2D eigenvalue weighted by Gasteiger charge is -2.31. The van der Waals surface area contributed by atoms with E-state index in [2.05, 4.69) is 0 Å². The van der Waals surface area contributed by atoms with Crippen LogP contribution in [0.2, 0.25) is 0 Å². The summed E-state index contributed by atoms with van der Waals surface area (Å²) in [7, 11) is -4.10. The monoisotopic (exact) mass is 527 g/mol. The fraction of sp³-hybridized carbons (Fsp3) is 0.520. The predicted octanol–water partition coefficient (Wildman–Crippen LogP) is 5.81. The zero-order chi connectivity index (χ0) is 27.3. The number of pyridine rings is 1. The van der Waals surface area contributed by atoms with Gasteiger partial charge in [0.1, 0.15) is 11.6 Å². The smallest absolute Gasteiger partial charge is 0.476 e. The quantitative estimate of drug-likeness (QED) is 0.282. The second-order valence-corrected chi connectivity index (χ2v) is 11.3. The number of rotatable bonds is 10. The molecule has 11 heteroatoms. The zero-order valence-corrected chi connectivity index (χ0v) is 22.9. The van der Waals surface area contributed by atoms with Crippen LogP contribution in [0.3, 0.4) is 0 Å². The van der Waals surface area contributed by atoms with Gasteiger partial charge in [0, 0.05) is 17.4 Å². The minimum Gasteiger partial charge on any atom is -0.493 e. The number of hydrogen-bond acceptors (Lipinski definition) is 8. The van der Waals surface area contributed by atoms with E-state index in [0.29, 0.717) is 0 Å². The Hall–Kier alpha value is -2.52. The standard InChI is InChI=1S/C25H35FNO8P/c1-9-31-20-13-14-27(22(28)21(20)23(29)32-10-2)18-11-12-19(26)17(15-18)16-33-36(30,34-24(3,4)5)35-25(6,7)8/h11-15H,9-10,16H2,1-8H3. The molecule has 0 fully saturated rings. The topological polar surface area (TPSA) is 102 Å². The first-order valence-corrected chi connectivity index (χ1v) is 13.1. The molecule has 36 heavy (non-hydrogen) atoms. The van der Waals surface area contributed by atoms with E-state index < -0.39 is 43.0 Å². The fourth-order valence-corrected chi connectivity index (χ4v) is 4.88. The second kappa shape index (κ2) is 11.7. The summed E-state index contributed by atoms with van der Waals surface area (Å²) in [6.45, 7) is 13.3. The van der Waals surface area contributed by atoms with E-state index in [1.165, 1.54) is 24.4 Å². The Morgan fingerprint density at radius 1 is 1.00 bits per heavy atom. The average Bonchev–Trinajstić information content (AvgIpc) is 2.71. The van der Waals surface area contributed by atoms with Gasteiger partial charge in [0.25, 0.3) is 5.56 Å². The van der Waals surface area contributed by atoms with Crippen LogP contribution in [0, 0.1) is 5.82 Å². The van der Waals surface area contributed by atoms with E-state index in [1.54, 1.807) is 55.4 Å². The molecule has 0 atom stereocenters. The Labute approximate surface area is 211 Å². The van der Waals surface area contributed by atoms with Crippen molar-refractivity contribution in [3.05, 3.63) is 57.8 Å². The maximum absolute atomic E-state index is 14.7. The Morgan fingerprint density at radius 3 is 2.14 bits per heavy atom. The maximum atomic E-state index is 14.7. The highest BCUT2D eigenvalue weighted by Crippen LogP contribution is 2.56. The molecule has 0 bridgehead atoms. The number of aromatic nitrogens is 1. The van der Waals surface area contributed by atoms with Crippen molar-refractivity contribution in [2.75, 3.05) is 13.2 Å². The van der Waals surface area contributed by atoms with Crippen LogP contribution < -0.4 is 10.3 Å². The fourth-order valence-electron chi connectivity index (χ4n) is 3.10. The first-order chi connectivity index (χ1) is 16.6. The number of hydrogen-bond donors (Lipinski definition) is 0. The molecule has 0 amide bonds. The molecule has 2 aromatic rings. The molecule has 0 N–H and O–H groups in total. The van der Waals surface area contributed by atoms with Crippen LogP contribution in [-0.4, -0.2) is 35.0 Å². The van der Waals surface area contributed by atoms with E-state index in [1.807, 2.05) is 0 Å². The molecule has 1 aromatic heterocycles. The van der Waals surface area contributed by atoms with E-state index >= 15 is 0 Å². The minimum absolute atomic E-state index is 0.00112. The van der Waals surface area contributed by atoms with Crippen molar-refractivity contribution in [2.24, 2.45) is 0 Å². The van der Waals surface area contributed by atoms with E-state index in [-0.39, 0.29) is 35.8 Å². The van der Waals surface area contributed by atoms with Crippen molar-refractivity contribution in [1.82, 2.24) is 4.57 Å². The highest BCUT2D eigenvalue weighted by atomic mass is 31.2. The van der Waals surface area contributed by atoms with Gasteiger partial charge in [-0.15, -0.1) is 0 Å². The summed E-state index contributed by atoms with van der Waals surface area (Å²) in [5, 5.41) is 0.